The Morgan fingerprint density at radius 2 is 0.931 bits per heavy atom. The van der Waals surface area contributed by atoms with Crippen molar-refractivity contribution in [3.63, 3.8) is 0 Å². The molecule has 0 saturated carbocycles. The Hall–Kier alpha value is -10.1. The van der Waals surface area contributed by atoms with Crippen LogP contribution in [0.3, 0.4) is 0 Å². The van der Waals surface area contributed by atoms with Crippen LogP contribution in [-0.2, 0) is 76.8 Å². The van der Waals surface area contributed by atoms with Crippen LogP contribution >= 0.6 is 0 Å². The first kappa shape index (κ1) is 84.4. The largest absolute Gasteiger partial charge is 0.480 e. The van der Waals surface area contributed by atoms with E-state index in [0.29, 0.717) is 56.3 Å². The molecule has 11 amide bonds. The van der Waals surface area contributed by atoms with Crippen LogP contribution in [0, 0.1) is 11.8 Å². The van der Waals surface area contributed by atoms with E-state index < -0.39 is 162 Å². The molecule has 4 rings (SSSR count). The van der Waals surface area contributed by atoms with Gasteiger partial charge in [0.1, 0.15) is 66.5 Å². The molecule has 2 aromatic heterocycles. The number of carbonyl (C=O) groups excluding carboxylic acids is 11. The molecule has 0 bridgehead atoms. The fraction of sp³-hybridized carbons (Fsp3) is 0.559. The molecule has 0 saturated heterocycles. The Balaban J connectivity index is 1.44. The number of aromatic nitrogens is 3. The highest BCUT2D eigenvalue weighted by molar-refractivity contribution is 5.99. The van der Waals surface area contributed by atoms with Gasteiger partial charge in [-0.2, -0.15) is 0 Å². The number of hydrogen-bond donors (Lipinski definition) is 20. The number of nitrogens with zero attached hydrogens (tertiary/aromatic N) is 2. The van der Waals surface area contributed by atoms with Crippen molar-refractivity contribution in [3.05, 3.63) is 90.1 Å². The number of amides is 11. The molecular formula is C68H106N20O14. The third-order valence-corrected chi connectivity index (χ3v) is 17.4. The quantitative estimate of drug-likeness (QED) is 0.0120. The second-order valence-corrected chi connectivity index (χ2v) is 25.5. The standard InChI is InChI=1S/C68H106N20O14/c1-8-37(3)54(88-66(100)55(38(4)9-2)87-59(93)46(71)31-43-33-76-47-23-14-13-22-45(43)47)65(99)85-51(30-42-20-11-10-12-21-42)62(96)82-49(26-19-29-75-68(72)73)60(94)80-40(6)57(91)78-39(5)56(90)79-41(7)58(92)86-53(35-89)64(98)84-52(32-44-34-74-36-77-44)63(97)81-48(24-15-17-27-69)61(95)83-50(67(101)102)25-16-18-28-70/h10-14,20-23,33-34,36-41,46,48-55,76,89H,8-9,15-19,24-32,35,69-71H2,1-7H3,(H,74,77)(H,78,91)(H,79,90)(H,80,94)(H,81,97)(H,82,96)(H,83,95)(H,84,98)(H,85,99)(H,86,92)(H,87,93)(H,88,100)(H,101,102)(H4,72,73,75)/t37-,38-,39-,40-,41-,46-,48-,49-,50-,51-,52-,53-,54-,55-/m0/s1. The molecule has 25 N–H and O–H groups in total. The topological polar surface area (TPSA) is 565 Å². The number of nitrogens with two attached hydrogens (primary N) is 5. The summed E-state index contributed by atoms with van der Waals surface area (Å²) in [5.74, 6) is -11.7. The lowest BCUT2D eigenvalue weighted by Gasteiger charge is -2.31. The van der Waals surface area contributed by atoms with Gasteiger partial charge in [0.25, 0.3) is 0 Å². The van der Waals surface area contributed by atoms with E-state index in [9.17, 15) is 67.7 Å². The number of H-pyrrole nitrogens is 2. The SMILES string of the molecule is CC[C@H](C)[C@H](NC(=O)[C@@H](NC(=O)[C@@H](N)Cc1c[nH]c2ccccc12)[C@@H](C)CC)C(=O)N[C@@H](Cc1ccccc1)C(=O)N[C@@H](CCCN=C(N)N)C(=O)N[C@@H](C)C(=O)N[C@@H](C)C(=O)N[C@@H](C)C(=O)N[C@@H](CO)C(=O)N[C@@H](Cc1cnc[nH]1)C(=O)N[C@@H](CCCCN)C(=O)N[C@@H](CCCCN)C(=O)O. The lowest BCUT2D eigenvalue weighted by atomic mass is 9.94. The van der Waals surface area contributed by atoms with Crippen molar-refractivity contribution in [2.45, 2.75) is 204 Å². The predicted octanol–water partition coefficient (Wildman–Crippen LogP) is -2.88. The van der Waals surface area contributed by atoms with E-state index in [2.05, 4.69) is 78.4 Å². The van der Waals surface area contributed by atoms with E-state index in [1.54, 1.807) is 50.4 Å². The zero-order valence-corrected chi connectivity index (χ0v) is 59.1. The summed E-state index contributed by atoms with van der Waals surface area (Å²) in [5, 5.41) is 49.5. The summed E-state index contributed by atoms with van der Waals surface area (Å²) in [6.07, 6.45) is 7.05. The second-order valence-electron chi connectivity index (χ2n) is 25.5. The van der Waals surface area contributed by atoms with Gasteiger partial charge >= 0.3 is 5.97 Å². The maximum absolute atomic E-state index is 14.6. The molecule has 102 heavy (non-hydrogen) atoms. The van der Waals surface area contributed by atoms with E-state index in [0.717, 1.165) is 16.5 Å². The Bertz CT molecular complexity index is 3420. The average molecular weight is 1430 g/mol. The number of unbranched alkanes of at least 4 members (excludes halogenated alkanes) is 2. The predicted molar refractivity (Wildman–Crippen MR) is 380 cm³/mol. The summed E-state index contributed by atoms with van der Waals surface area (Å²) in [6.45, 7) is 10.6. The Morgan fingerprint density at radius 3 is 1.46 bits per heavy atom. The number of carboxylic acids is 1. The van der Waals surface area contributed by atoms with E-state index in [1.165, 1.54) is 33.3 Å². The fourth-order valence-electron chi connectivity index (χ4n) is 10.7. The number of aliphatic imine (C=N–C) groups is 1. The van der Waals surface area contributed by atoms with Crippen LogP contribution < -0.4 is 87.2 Å². The number of carbonyl (C=O) groups is 12. The first-order chi connectivity index (χ1) is 48.5. The molecule has 2 heterocycles. The molecule has 0 aliphatic heterocycles. The molecule has 0 aliphatic carbocycles. The zero-order chi connectivity index (χ0) is 75.6. The van der Waals surface area contributed by atoms with E-state index >= 15 is 0 Å². The van der Waals surface area contributed by atoms with Gasteiger partial charge in [0.05, 0.1) is 19.0 Å². The van der Waals surface area contributed by atoms with Gasteiger partial charge in [-0.25, -0.2) is 9.78 Å². The molecule has 14 atom stereocenters. The summed E-state index contributed by atoms with van der Waals surface area (Å²) in [6, 6.07) is 0.149. The number of imidazole rings is 1. The molecular weight excluding hydrogens is 1320 g/mol. The molecule has 2 aromatic carbocycles. The molecule has 0 unspecified atom stereocenters. The smallest absolute Gasteiger partial charge is 0.326 e. The van der Waals surface area contributed by atoms with Gasteiger partial charge in [0.15, 0.2) is 5.96 Å². The Morgan fingerprint density at radius 1 is 0.490 bits per heavy atom. The van der Waals surface area contributed by atoms with Crippen LogP contribution in [0.2, 0.25) is 0 Å². The molecule has 562 valence electrons. The van der Waals surface area contributed by atoms with Crippen LogP contribution in [0.15, 0.2) is 78.3 Å². The van der Waals surface area contributed by atoms with Crippen LogP contribution in [0.1, 0.15) is 129 Å². The van der Waals surface area contributed by atoms with Crippen molar-refractivity contribution in [2.24, 2.45) is 45.5 Å². The third kappa shape index (κ3) is 27.8. The number of benzene rings is 2. The molecule has 4 aromatic rings. The monoisotopic (exact) mass is 1430 g/mol. The first-order valence-electron chi connectivity index (χ1n) is 34.5. The number of guanidine groups is 1. The molecule has 0 fully saturated rings. The van der Waals surface area contributed by atoms with Gasteiger partial charge in [-0.05, 0) is 121 Å². The summed E-state index contributed by atoms with van der Waals surface area (Å²) in [4.78, 5) is 180. The number of aliphatic hydroxyl groups is 1. The molecule has 34 heteroatoms. The van der Waals surface area contributed by atoms with Crippen molar-refractivity contribution in [3.8, 4) is 0 Å². The summed E-state index contributed by atoms with van der Waals surface area (Å²) >= 11 is 0. The Labute approximate surface area is 593 Å². The fourth-order valence-corrected chi connectivity index (χ4v) is 10.7. The van der Waals surface area contributed by atoms with Gasteiger partial charge < -0.3 is 107 Å². The minimum Gasteiger partial charge on any atom is -0.480 e. The number of para-hydroxylation sites is 1. The number of aliphatic hydroxyl groups excluding tert-OH is 1. The zero-order valence-electron chi connectivity index (χ0n) is 59.1. The van der Waals surface area contributed by atoms with Crippen molar-refractivity contribution < 1.29 is 67.7 Å². The number of nitrogens with one attached hydrogen (secondary N) is 13. The normalized spacial score (nSPS) is 15.3. The van der Waals surface area contributed by atoms with Gasteiger partial charge in [-0.3, -0.25) is 57.7 Å². The Kier molecular flexibility index (Phi) is 36.0. The van der Waals surface area contributed by atoms with Gasteiger partial charge in [-0.15, -0.1) is 0 Å². The molecule has 34 nitrogen and oxygen atoms in total. The van der Waals surface area contributed by atoms with Crippen LogP contribution in [0.5, 0.6) is 0 Å². The lowest BCUT2D eigenvalue weighted by molar-refractivity contribution is -0.142. The highest BCUT2D eigenvalue weighted by Crippen LogP contribution is 2.20. The number of carboxylic acid groups (broad SMARTS) is 1. The van der Waals surface area contributed by atoms with Gasteiger partial charge in [-0.1, -0.05) is 89.1 Å². The van der Waals surface area contributed by atoms with Gasteiger partial charge in [0.2, 0.25) is 65.0 Å². The minimum absolute atomic E-state index is 0.0198. The van der Waals surface area contributed by atoms with Gasteiger partial charge in [0, 0.05) is 48.4 Å². The number of rotatable bonds is 46. The number of hydrogen-bond acceptors (Lipinski definition) is 18. The van der Waals surface area contributed by atoms with Crippen molar-refractivity contribution in [2.75, 3.05) is 26.2 Å². The van der Waals surface area contributed by atoms with Crippen molar-refractivity contribution >= 4 is 87.8 Å². The first-order valence-corrected chi connectivity index (χ1v) is 34.5. The number of fused-ring (bicyclic) bond motifs is 1. The van der Waals surface area contributed by atoms with E-state index in [-0.39, 0.29) is 64.0 Å². The summed E-state index contributed by atoms with van der Waals surface area (Å²) in [7, 11) is 0. The van der Waals surface area contributed by atoms with Crippen LogP contribution in [-0.4, -0.2) is 201 Å². The highest BCUT2D eigenvalue weighted by atomic mass is 16.4. The van der Waals surface area contributed by atoms with Crippen LogP contribution in [0.4, 0.5) is 0 Å². The van der Waals surface area contributed by atoms with E-state index in [4.69, 9.17) is 28.7 Å². The van der Waals surface area contributed by atoms with Crippen molar-refractivity contribution in [1.82, 2.24) is 73.4 Å². The van der Waals surface area contributed by atoms with E-state index in [1.807, 2.05) is 38.1 Å². The average Bonchev–Trinajstić information content (AvgIpc) is 1.65. The maximum Gasteiger partial charge on any atom is 0.326 e. The maximum atomic E-state index is 14.6. The third-order valence-electron chi connectivity index (χ3n) is 17.4. The molecule has 0 radical (unpaired) electrons. The second kappa shape index (κ2) is 43.6. The summed E-state index contributed by atoms with van der Waals surface area (Å²) < 4.78 is 0. The summed E-state index contributed by atoms with van der Waals surface area (Å²) in [5.41, 5.74) is 31.5. The molecule has 0 aliphatic rings. The number of aromatic amines is 2. The minimum atomic E-state index is -1.72. The van der Waals surface area contributed by atoms with Crippen LogP contribution in [0.25, 0.3) is 10.9 Å². The van der Waals surface area contributed by atoms with Crippen molar-refractivity contribution in [1.29, 1.82) is 0 Å². The number of aliphatic carboxylic acids is 1. The highest BCUT2D eigenvalue weighted by Gasteiger charge is 2.38. The molecule has 0 spiro atoms. The lowest BCUT2D eigenvalue weighted by Crippen LogP contribution is -2.61.